The molecular weight excluding hydrogens is 535 g/mol. The van der Waals surface area contributed by atoms with Gasteiger partial charge in [-0.25, -0.2) is 4.39 Å². The number of carbonyl (C=O) groups is 1. The van der Waals surface area contributed by atoms with Crippen molar-refractivity contribution in [2.45, 2.75) is 71.0 Å². The summed E-state index contributed by atoms with van der Waals surface area (Å²) in [7, 11) is 0. The molecular formula is C32H34ClFO6. The molecule has 0 radical (unpaired) electrons. The zero-order valence-electron chi connectivity index (χ0n) is 23.1. The van der Waals surface area contributed by atoms with Gasteiger partial charge in [0, 0.05) is 35.1 Å². The van der Waals surface area contributed by atoms with Crippen LogP contribution in [0.5, 0.6) is 17.2 Å². The Labute approximate surface area is 238 Å². The minimum atomic E-state index is -0.868. The lowest BCUT2D eigenvalue weighted by Gasteiger charge is -2.21. The highest BCUT2D eigenvalue weighted by molar-refractivity contribution is 6.33. The molecule has 3 aromatic rings. The summed E-state index contributed by atoms with van der Waals surface area (Å²) >= 11 is 6.69. The van der Waals surface area contributed by atoms with Crippen LogP contribution >= 0.6 is 11.6 Å². The van der Waals surface area contributed by atoms with Crippen molar-refractivity contribution < 1.29 is 33.6 Å². The fraction of sp³-hybridized carbons (Fsp3) is 0.406. The van der Waals surface area contributed by atoms with Crippen LogP contribution in [-0.2, 0) is 11.2 Å². The summed E-state index contributed by atoms with van der Waals surface area (Å²) in [6.07, 6.45) is 1.22. The molecule has 3 aromatic carbocycles. The van der Waals surface area contributed by atoms with E-state index in [0.29, 0.717) is 60.3 Å². The summed E-state index contributed by atoms with van der Waals surface area (Å²) in [6.45, 7) is 8.18. The third-order valence-corrected chi connectivity index (χ3v) is 7.96. The number of carboxylic acid groups (broad SMARTS) is 1. The topological polar surface area (TPSA) is 85.2 Å². The van der Waals surface area contributed by atoms with E-state index < -0.39 is 23.5 Å². The maximum atomic E-state index is 15.4. The van der Waals surface area contributed by atoms with Crippen LogP contribution in [0, 0.1) is 19.7 Å². The molecule has 40 heavy (non-hydrogen) atoms. The number of hydrogen-bond acceptors (Lipinski definition) is 5. The summed E-state index contributed by atoms with van der Waals surface area (Å²) < 4.78 is 33.3. The first-order valence-corrected chi connectivity index (χ1v) is 13.9. The lowest BCUT2D eigenvalue weighted by atomic mass is 9.90. The first-order valence-electron chi connectivity index (χ1n) is 13.5. The second-order valence-corrected chi connectivity index (χ2v) is 11.8. The molecule has 2 aliphatic rings. The Hall–Kier alpha value is -3.29. The van der Waals surface area contributed by atoms with E-state index in [1.54, 1.807) is 26.0 Å². The second-order valence-electron chi connectivity index (χ2n) is 11.4. The largest absolute Gasteiger partial charge is 0.493 e. The van der Waals surface area contributed by atoms with E-state index in [4.69, 9.17) is 30.9 Å². The highest BCUT2D eigenvalue weighted by Gasteiger charge is 2.33. The molecule has 0 amide bonds. The van der Waals surface area contributed by atoms with Crippen molar-refractivity contribution in [3.8, 4) is 28.4 Å². The van der Waals surface area contributed by atoms with Gasteiger partial charge in [0.2, 0.25) is 0 Å². The van der Waals surface area contributed by atoms with Gasteiger partial charge in [0.25, 0.3) is 0 Å². The van der Waals surface area contributed by atoms with Gasteiger partial charge < -0.3 is 24.4 Å². The number of benzene rings is 3. The van der Waals surface area contributed by atoms with Gasteiger partial charge in [-0.2, -0.15) is 0 Å². The van der Waals surface area contributed by atoms with Crippen molar-refractivity contribution in [2.75, 3.05) is 13.2 Å². The molecule has 0 saturated heterocycles. The van der Waals surface area contributed by atoms with Crippen LogP contribution in [0.4, 0.5) is 4.39 Å². The van der Waals surface area contributed by atoms with E-state index in [1.807, 2.05) is 32.0 Å². The molecule has 2 N–H and O–H groups in total. The maximum absolute atomic E-state index is 15.4. The molecule has 0 aromatic heterocycles. The molecule has 1 unspecified atom stereocenters. The maximum Gasteiger partial charge on any atom is 0.304 e. The third kappa shape index (κ3) is 5.77. The van der Waals surface area contributed by atoms with Gasteiger partial charge >= 0.3 is 5.97 Å². The standard InChI is InChI=1S/C32H34ClFO6/c1-17-11-21(38-10-9-32(3,4)37)12-18(2)29(17)30-23-7-8-26(31(23)25(34)15-24(30)33)40-20-5-6-22-19(13-28(35)36)16-39-27(22)14-20/h5-6,11-12,14-15,19,26,37H,7-10,13,16H2,1-4H3,(H,35,36)/t19?,26-/m1/s1. The first kappa shape index (κ1) is 28.2. The quantitative estimate of drug-likeness (QED) is 0.281. The van der Waals surface area contributed by atoms with Crippen molar-refractivity contribution >= 4 is 17.6 Å². The van der Waals surface area contributed by atoms with Crippen molar-refractivity contribution in [2.24, 2.45) is 0 Å². The molecule has 1 aliphatic heterocycles. The van der Waals surface area contributed by atoms with Gasteiger partial charge in [0.05, 0.1) is 30.3 Å². The second kappa shape index (κ2) is 10.9. The van der Waals surface area contributed by atoms with Crippen molar-refractivity contribution in [3.05, 3.63) is 75.1 Å². The van der Waals surface area contributed by atoms with Crippen LogP contribution < -0.4 is 14.2 Å². The fourth-order valence-electron chi connectivity index (χ4n) is 5.79. The minimum absolute atomic E-state index is 0.00469. The number of halogens is 2. The van der Waals surface area contributed by atoms with Crippen LogP contribution in [-0.4, -0.2) is 35.0 Å². The molecule has 0 spiro atoms. The fourth-order valence-corrected chi connectivity index (χ4v) is 6.10. The monoisotopic (exact) mass is 568 g/mol. The molecule has 1 aliphatic carbocycles. The van der Waals surface area contributed by atoms with E-state index in [9.17, 15) is 9.90 Å². The van der Waals surface area contributed by atoms with E-state index in [2.05, 4.69) is 0 Å². The smallest absolute Gasteiger partial charge is 0.304 e. The van der Waals surface area contributed by atoms with Crippen LogP contribution in [0.2, 0.25) is 5.02 Å². The number of aryl methyl sites for hydroxylation is 2. The predicted molar refractivity (Wildman–Crippen MR) is 151 cm³/mol. The number of ether oxygens (including phenoxy) is 3. The number of aliphatic hydroxyl groups is 1. The minimum Gasteiger partial charge on any atom is -0.493 e. The Morgan fingerprint density at radius 2 is 1.85 bits per heavy atom. The summed E-state index contributed by atoms with van der Waals surface area (Å²) in [4.78, 5) is 11.2. The summed E-state index contributed by atoms with van der Waals surface area (Å²) in [5.41, 5.74) is 5.09. The van der Waals surface area contributed by atoms with Gasteiger partial charge in [0.15, 0.2) is 0 Å². The number of fused-ring (bicyclic) bond motifs is 2. The van der Waals surface area contributed by atoms with Crippen molar-refractivity contribution in [3.63, 3.8) is 0 Å². The number of rotatable bonds is 9. The van der Waals surface area contributed by atoms with Crippen LogP contribution in [0.1, 0.15) is 72.9 Å². The van der Waals surface area contributed by atoms with Gasteiger partial charge in [-0.1, -0.05) is 17.7 Å². The van der Waals surface area contributed by atoms with Crippen LogP contribution in [0.25, 0.3) is 11.1 Å². The van der Waals surface area contributed by atoms with E-state index in [0.717, 1.165) is 33.4 Å². The Morgan fingerprint density at radius 1 is 1.12 bits per heavy atom. The highest BCUT2D eigenvalue weighted by atomic mass is 35.5. The Balaban J connectivity index is 1.42. The lowest BCUT2D eigenvalue weighted by Crippen LogP contribution is -2.21. The van der Waals surface area contributed by atoms with Gasteiger partial charge in [-0.05, 0) is 87.1 Å². The SMILES string of the molecule is Cc1cc(OCCC(C)(C)O)cc(C)c1-c1c(Cl)cc(F)c2c1CC[C@H]2Oc1ccc2c(c1)OCC2CC(=O)O. The molecule has 5 rings (SSSR count). The van der Waals surface area contributed by atoms with E-state index in [1.165, 1.54) is 6.07 Å². The first-order chi connectivity index (χ1) is 18.9. The molecule has 0 saturated carbocycles. The highest BCUT2D eigenvalue weighted by Crippen LogP contribution is 2.47. The van der Waals surface area contributed by atoms with E-state index >= 15 is 4.39 Å². The lowest BCUT2D eigenvalue weighted by molar-refractivity contribution is -0.137. The van der Waals surface area contributed by atoms with Gasteiger partial charge in [-0.3, -0.25) is 4.79 Å². The number of carboxylic acids is 1. The predicted octanol–water partition coefficient (Wildman–Crippen LogP) is 7.32. The average molecular weight is 569 g/mol. The summed E-state index contributed by atoms with van der Waals surface area (Å²) in [5.74, 6) is 0.405. The average Bonchev–Trinajstić information content (AvgIpc) is 3.44. The molecule has 8 heteroatoms. The molecule has 212 valence electrons. The molecule has 6 nitrogen and oxygen atoms in total. The zero-order valence-corrected chi connectivity index (χ0v) is 23.9. The molecule has 1 heterocycles. The van der Waals surface area contributed by atoms with Crippen LogP contribution in [0.15, 0.2) is 36.4 Å². The van der Waals surface area contributed by atoms with Gasteiger partial charge in [-0.15, -0.1) is 0 Å². The van der Waals surface area contributed by atoms with E-state index in [-0.39, 0.29) is 12.3 Å². The van der Waals surface area contributed by atoms with Crippen molar-refractivity contribution in [1.29, 1.82) is 0 Å². The number of hydrogen-bond donors (Lipinski definition) is 2. The summed E-state index contributed by atoms with van der Waals surface area (Å²) in [5, 5.41) is 19.5. The molecule has 2 atom stereocenters. The van der Waals surface area contributed by atoms with Crippen LogP contribution in [0.3, 0.4) is 0 Å². The zero-order chi connectivity index (χ0) is 28.8. The molecule has 0 fully saturated rings. The third-order valence-electron chi connectivity index (χ3n) is 7.66. The Morgan fingerprint density at radius 3 is 2.52 bits per heavy atom. The number of aliphatic carboxylic acids is 1. The summed E-state index contributed by atoms with van der Waals surface area (Å²) in [6, 6.07) is 10.7. The van der Waals surface area contributed by atoms with Gasteiger partial charge in [0.1, 0.15) is 29.2 Å². The normalized spacial score (nSPS) is 17.8. The Bertz CT molecular complexity index is 1440. The molecule has 0 bridgehead atoms. The Kier molecular flexibility index (Phi) is 7.73. The van der Waals surface area contributed by atoms with Crippen molar-refractivity contribution in [1.82, 2.24) is 0 Å².